The quantitative estimate of drug-likeness (QED) is 0.863. The summed E-state index contributed by atoms with van der Waals surface area (Å²) in [5.74, 6) is 1.12. The van der Waals surface area contributed by atoms with E-state index in [1.54, 1.807) is 0 Å². The Morgan fingerprint density at radius 3 is 3.21 bits per heavy atom. The second kappa shape index (κ2) is 5.61. The molecule has 0 aromatic heterocycles. The SMILES string of the molecule is O=C(NCc1ccc2c(c1)CCCO2)C1CCCN1. The van der Waals surface area contributed by atoms with Crippen LogP contribution in [0.25, 0.3) is 0 Å². The molecular formula is C15H20N2O2. The van der Waals surface area contributed by atoms with Gasteiger partial charge in [0.15, 0.2) is 0 Å². The van der Waals surface area contributed by atoms with Crippen molar-refractivity contribution in [3.8, 4) is 5.75 Å². The molecule has 2 N–H and O–H groups in total. The van der Waals surface area contributed by atoms with E-state index >= 15 is 0 Å². The minimum Gasteiger partial charge on any atom is -0.493 e. The van der Waals surface area contributed by atoms with Crippen LogP contribution in [0.1, 0.15) is 30.4 Å². The van der Waals surface area contributed by atoms with Crippen molar-refractivity contribution in [1.29, 1.82) is 0 Å². The second-order valence-corrected chi connectivity index (χ2v) is 5.26. The Hall–Kier alpha value is -1.55. The monoisotopic (exact) mass is 260 g/mol. The van der Waals surface area contributed by atoms with E-state index in [2.05, 4.69) is 16.7 Å². The van der Waals surface area contributed by atoms with Crippen LogP contribution in [0.15, 0.2) is 18.2 Å². The van der Waals surface area contributed by atoms with Crippen LogP contribution in [0.3, 0.4) is 0 Å². The number of hydrogen-bond donors (Lipinski definition) is 2. The maximum atomic E-state index is 11.9. The molecule has 1 fully saturated rings. The third-order valence-corrected chi connectivity index (χ3v) is 3.82. The number of hydrogen-bond acceptors (Lipinski definition) is 3. The highest BCUT2D eigenvalue weighted by molar-refractivity contribution is 5.81. The second-order valence-electron chi connectivity index (χ2n) is 5.26. The molecule has 2 aliphatic rings. The third kappa shape index (κ3) is 2.89. The van der Waals surface area contributed by atoms with Gasteiger partial charge in [-0.05, 0) is 49.4 Å². The van der Waals surface area contributed by atoms with Crippen LogP contribution in [-0.2, 0) is 17.8 Å². The lowest BCUT2D eigenvalue weighted by Gasteiger charge is -2.18. The molecule has 1 aromatic rings. The standard InChI is InChI=1S/C15H20N2O2/c18-15(13-4-1-7-16-13)17-10-11-5-6-14-12(9-11)3-2-8-19-14/h5-6,9,13,16H,1-4,7-8,10H2,(H,17,18). The third-order valence-electron chi connectivity index (χ3n) is 3.82. The lowest BCUT2D eigenvalue weighted by molar-refractivity contribution is -0.122. The van der Waals surface area contributed by atoms with Gasteiger partial charge < -0.3 is 15.4 Å². The van der Waals surface area contributed by atoms with Crippen LogP contribution in [0.5, 0.6) is 5.75 Å². The summed E-state index contributed by atoms with van der Waals surface area (Å²) in [7, 11) is 0. The predicted octanol–water partition coefficient (Wildman–Crippen LogP) is 1.38. The van der Waals surface area contributed by atoms with E-state index in [0.717, 1.165) is 50.1 Å². The summed E-state index contributed by atoms with van der Waals surface area (Å²) in [6.45, 7) is 2.37. The number of nitrogens with one attached hydrogen (secondary N) is 2. The predicted molar refractivity (Wildman–Crippen MR) is 73.1 cm³/mol. The zero-order valence-corrected chi connectivity index (χ0v) is 11.1. The van der Waals surface area contributed by atoms with Gasteiger partial charge >= 0.3 is 0 Å². The van der Waals surface area contributed by atoms with Gasteiger partial charge in [0.1, 0.15) is 5.75 Å². The van der Waals surface area contributed by atoms with Gasteiger partial charge in [-0.3, -0.25) is 4.79 Å². The smallest absolute Gasteiger partial charge is 0.237 e. The highest BCUT2D eigenvalue weighted by atomic mass is 16.5. The van der Waals surface area contributed by atoms with Crippen molar-refractivity contribution < 1.29 is 9.53 Å². The first-order chi connectivity index (χ1) is 9.33. The van der Waals surface area contributed by atoms with Crippen LogP contribution in [-0.4, -0.2) is 25.1 Å². The maximum absolute atomic E-state index is 11.9. The number of fused-ring (bicyclic) bond motifs is 1. The lowest BCUT2D eigenvalue weighted by Crippen LogP contribution is -2.40. The highest BCUT2D eigenvalue weighted by Gasteiger charge is 2.21. The lowest BCUT2D eigenvalue weighted by atomic mass is 10.0. The normalized spacial score (nSPS) is 21.6. The molecule has 4 nitrogen and oxygen atoms in total. The number of carbonyl (C=O) groups is 1. The zero-order valence-electron chi connectivity index (χ0n) is 11.1. The van der Waals surface area contributed by atoms with Crippen molar-refractivity contribution in [2.45, 2.75) is 38.3 Å². The molecular weight excluding hydrogens is 240 g/mol. The van der Waals surface area contributed by atoms with E-state index in [1.165, 1.54) is 5.56 Å². The van der Waals surface area contributed by atoms with Crippen LogP contribution in [0.2, 0.25) is 0 Å². The van der Waals surface area contributed by atoms with Gasteiger partial charge in [-0.1, -0.05) is 12.1 Å². The fourth-order valence-corrected chi connectivity index (χ4v) is 2.74. The summed E-state index contributed by atoms with van der Waals surface area (Å²) >= 11 is 0. The Bertz CT molecular complexity index is 467. The van der Waals surface area contributed by atoms with Crippen molar-refractivity contribution in [2.24, 2.45) is 0 Å². The van der Waals surface area contributed by atoms with Gasteiger partial charge in [-0.15, -0.1) is 0 Å². The number of rotatable bonds is 3. The molecule has 1 atom stereocenters. The van der Waals surface area contributed by atoms with E-state index in [0.29, 0.717) is 6.54 Å². The Morgan fingerprint density at radius 1 is 1.42 bits per heavy atom. The summed E-state index contributed by atoms with van der Waals surface area (Å²) < 4.78 is 5.59. The molecule has 0 bridgehead atoms. The molecule has 3 rings (SSSR count). The molecule has 4 heteroatoms. The number of benzene rings is 1. The van der Waals surface area contributed by atoms with Crippen LogP contribution in [0, 0.1) is 0 Å². The Kier molecular flexibility index (Phi) is 3.69. The summed E-state index contributed by atoms with van der Waals surface area (Å²) in [5, 5.41) is 6.22. The number of aryl methyl sites for hydroxylation is 1. The zero-order chi connectivity index (χ0) is 13.1. The summed E-state index contributed by atoms with van der Waals surface area (Å²) in [6.07, 6.45) is 4.19. The minimum atomic E-state index is 0.000889. The highest BCUT2D eigenvalue weighted by Crippen LogP contribution is 2.25. The van der Waals surface area contributed by atoms with Crippen molar-refractivity contribution in [2.75, 3.05) is 13.2 Å². The van der Waals surface area contributed by atoms with Gasteiger partial charge in [-0.25, -0.2) is 0 Å². The molecule has 0 saturated carbocycles. The minimum absolute atomic E-state index is 0.000889. The van der Waals surface area contributed by atoms with Gasteiger partial charge in [0, 0.05) is 6.54 Å². The first-order valence-electron chi connectivity index (χ1n) is 7.08. The first-order valence-corrected chi connectivity index (χ1v) is 7.08. The topological polar surface area (TPSA) is 50.4 Å². The largest absolute Gasteiger partial charge is 0.493 e. The van der Waals surface area contributed by atoms with Crippen LogP contribution < -0.4 is 15.4 Å². The molecule has 1 amide bonds. The van der Waals surface area contributed by atoms with Crippen molar-refractivity contribution in [1.82, 2.24) is 10.6 Å². The van der Waals surface area contributed by atoms with Crippen molar-refractivity contribution >= 4 is 5.91 Å². The van der Waals surface area contributed by atoms with E-state index < -0.39 is 0 Å². The van der Waals surface area contributed by atoms with Crippen molar-refractivity contribution in [3.05, 3.63) is 29.3 Å². The molecule has 2 heterocycles. The summed E-state index contributed by atoms with van der Waals surface area (Å²) in [4.78, 5) is 11.9. The molecule has 1 saturated heterocycles. The molecule has 1 unspecified atom stereocenters. The summed E-state index contributed by atoms with van der Waals surface area (Å²) in [6, 6.07) is 6.20. The van der Waals surface area contributed by atoms with Gasteiger partial charge in [0.05, 0.1) is 12.6 Å². The van der Waals surface area contributed by atoms with E-state index in [9.17, 15) is 4.79 Å². The van der Waals surface area contributed by atoms with Crippen molar-refractivity contribution in [3.63, 3.8) is 0 Å². The fraction of sp³-hybridized carbons (Fsp3) is 0.533. The maximum Gasteiger partial charge on any atom is 0.237 e. The summed E-state index contributed by atoms with van der Waals surface area (Å²) in [5.41, 5.74) is 2.41. The molecule has 19 heavy (non-hydrogen) atoms. The average Bonchev–Trinajstić information content (AvgIpc) is 2.99. The Balaban J connectivity index is 1.59. The van der Waals surface area contributed by atoms with E-state index in [4.69, 9.17) is 4.74 Å². The molecule has 0 aliphatic carbocycles. The number of ether oxygens (including phenoxy) is 1. The molecule has 1 aromatic carbocycles. The Labute approximate surface area is 113 Å². The average molecular weight is 260 g/mol. The van der Waals surface area contributed by atoms with Crippen LogP contribution in [0.4, 0.5) is 0 Å². The fourth-order valence-electron chi connectivity index (χ4n) is 2.74. The molecule has 2 aliphatic heterocycles. The first kappa shape index (κ1) is 12.5. The Morgan fingerprint density at radius 2 is 2.37 bits per heavy atom. The van der Waals surface area contributed by atoms with Gasteiger partial charge in [0.2, 0.25) is 5.91 Å². The van der Waals surface area contributed by atoms with Gasteiger partial charge in [-0.2, -0.15) is 0 Å². The van der Waals surface area contributed by atoms with Crippen LogP contribution >= 0.6 is 0 Å². The van der Waals surface area contributed by atoms with E-state index in [-0.39, 0.29) is 11.9 Å². The molecule has 0 spiro atoms. The van der Waals surface area contributed by atoms with Gasteiger partial charge in [0.25, 0.3) is 0 Å². The van der Waals surface area contributed by atoms with E-state index in [1.807, 2.05) is 12.1 Å². The molecule has 102 valence electrons. The number of carbonyl (C=O) groups excluding carboxylic acids is 1. The molecule has 0 radical (unpaired) electrons. The number of amides is 1.